The Labute approximate surface area is 59.9 Å². The molecule has 56 valence electrons. The molecule has 8 heavy (non-hydrogen) atoms. The largest absolute Gasteiger partial charge is 0.412 e. The Morgan fingerprint density at radius 1 is 1.25 bits per heavy atom. The molecule has 0 aromatic rings. The van der Waals surface area contributed by atoms with Gasteiger partial charge in [-0.25, -0.2) is 0 Å². The first kappa shape index (κ1) is 43.9. The normalized spacial score (nSPS) is 3.12. The van der Waals surface area contributed by atoms with E-state index in [9.17, 15) is 4.79 Å². The van der Waals surface area contributed by atoms with Gasteiger partial charge in [0, 0.05) is 6.92 Å². The van der Waals surface area contributed by atoms with Crippen LogP contribution in [0.15, 0.2) is 0 Å². The van der Waals surface area contributed by atoms with Gasteiger partial charge in [0.05, 0.1) is 0 Å². The van der Waals surface area contributed by atoms with Crippen molar-refractivity contribution < 1.29 is 15.7 Å². The molecule has 0 fully saturated rings. The zero-order valence-electron chi connectivity index (χ0n) is 4.30. The third kappa shape index (κ3) is 164000. The van der Waals surface area contributed by atoms with Gasteiger partial charge in [-0.05, 0) is 0 Å². The van der Waals surface area contributed by atoms with Crippen molar-refractivity contribution in [3.8, 4) is 0 Å². The van der Waals surface area contributed by atoms with E-state index in [4.69, 9.17) is 0 Å². The second-order valence-corrected chi connectivity index (χ2v) is 0.611. The summed E-state index contributed by atoms with van der Waals surface area (Å²) in [7, 11) is 0. The fourth-order valence-electron chi connectivity index (χ4n) is 0. The third-order valence-corrected chi connectivity index (χ3v) is 0. The van der Waals surface area contributed by atoms with Crippen LogP contribution in [-0.2, 0) is 4.79 Å². The van der Waals surface area contributed by atoms with Gasteiger partial charge in [-0.3, -0.25) is 4.79 Å². The molecule has 0 aliphatic rings. The number of carbonyl (C=O) groups excluding carboxylic acids is 1. The van der Waals surface area contributed by atoms with Gasteiger partial charge in [-0.15, -0.1) is 24.8 Å². The average Bonchev–Trinajstić information content (AvgIpc) is 0.811. The number of primary amides is 1. The quantitative estimate of drug-likeness (QED) is 0.476. The molecule has 6 N–H and O–H groups in total. The molecular weight excluding hydrogens is 157 g/mol. The standard InChI is InChI=1S/C2H5NO.2ClH.2H2O/c1-2(3)4;;;;/h1H3,(H2,3,4);2*1H;2*1H2. The average molecular weight is 168 g/mol. The lowest BCUT2D eigenvalue weighted by atomic mass is 10.8. The number of amides is 1. The fraction of sp³-hybridized carbons (Fsp3) is 0.500. The van der Waals surface area contributed by atoms with Crippen LogP contribution < -0.4 is 5.73 Å². The van der Waals surface area contributed by atoms with Crippen LogP contribution in [0.3, 0.4) is 0 Å². The number of halogens is 2. The first-order valence-corrected chi connectivity index (χ1v) is 0.993. The van der Waals surface area contributed by atoms with Gasteiger partial charge in [0.2, 0.25) is 5.91 Å². The monoisotopic (exact) mass is 167 g/mol. The van der Waals surface area contributed by atoms with Crippen molar-refractivity contribution in [2.75, 3.05) is 0 Å². The van der Waals surface area contributed by atoms with Gasteiger partial charge < -0.3 is 16.7 Å². The SMILES string of the molecule is CC(N)=O.Cl.Cl.O.O. The van der Waals surface area contributed by atoms with Gasteiger partial charge in [0.15, 0.2) is 0 Å². The Morgan fingerprint density at radius 2 is 1.25 bits per heavy atom. The van der Waals surface area contributed by atoms with E-state index in [1.807, 2.05) is 0 Å². The van der Waals surface area contributed by atoms with E-state index < -0.39 is 0 Å². The van der Waals surface area contributed by atoms with Crippen LogP contribution in [0.4, 0.5) is 0 Å². The smallest absolute Gasteiger partial charge is 0.214 e. The Balaban J connectivity index is -0.00000000750. The van der Waals surface area contributed by atoms with Crippen LogP contribution >= 0.6 is 24.8 Å². The van der Waals surface area contributed by atoms with Crippen LogP contribution in [0, 0.1) is 0 Å². The minimum absolute atomic E-state index is 0. The number of hydrogen-bond acceptors (Lipinski definition) is 1. The first-order valence-electron chi connectivity index (χ1n) is 0.993. The molecule has 0 saturated carbocycles. The Hall–Kier alpha value is -0.0300. The summed E-state index contributed by atoms with van der Waals surface area (Å²) in [4.78, 5) is 9.22. The molecular formula is C2H11Cl2NO3. The van der Waals surface area contributed by atoms with Gasteiger partial charge >= 0.3 is 0 Å². The second-order valence-electron chi connectivity index (χ2n) is 0.611. The maximum absolute atomic E-state index is 9.22. The van der Waals surface area contributed by atoms with Crippen molar-refractivity contribution in [2.24, 2.45) is 5.73 Å². The lowest BCUT2D eigenvalue weighted by molar-refractivity contribution is -0.115. The van der Waals surface area contributed by atoms with E-state index in [-0.39, 0.29) is 41.7 Å². The van der Waals surface area contributed by atoms with Gasteiger partial charge in [0.1, 0.15) is 0 Å². The van der Waals surface area contributed by atoms with E-state index in [0.29, 0.717) is 0 Å². The molecule has 0 spiro atoms. The summed E-state index contributed by atoms with van der Waals surface area (Å²) >= 11 is 0. The lowest BCUT2D eigenvalue weighted by Crippen LogP contribution is -2.01. The molecule has 0 aromatic carbocycles. The van der Waals surface area contributed by atoms with E-state index in [1.165, 1.54) is 6.92 Å². The van der Waals surface area contributed by atoms with Crippen LogP contribution in [0.2, 0.25) is 0 Å². The van der Waals surface area contributed by atoms with Crippen LogP contribution in [0.25, 0.3) is 0 Å². The third-order valence-electron chi connectivity index (χ3n) is 0. The first-order chi connectivity index (χ1) is 1.73. The molecule has 0 aromatic heterocycles. The molecule has 0 unspecified atom stereocenters. The number of rotatable bonds is 0. The zero-order valence-corrected chi connectivity index (χ0v) is 5.94. The maximum Gasteiger partial charge on any atom is 0.214 e. The van der Waals surface area contributed by atoms with E-state index >= 15 is 0 Å². The van der Waals surface area contributed by atoms with Gasteiger partial charge in [-0.2, -0.15) is 0 Å². The molecule has 0 bridgehead atoms. The van der Waals surface area contributed by atoms with Crippen molar-refractivity contribution in [3.05, 3.63) is 0 Å². The molecule has 0 aliphatic carbocycles. The van der Waals surface area contributed by atoms with Gasteiger partial charge in [-0.1, -0.05) is 0 Å². The van der Waals surface area contributed by atoms with E-state index in [2.05, 4.69) is 5.73 Å². The zero-order chi connectivity index (χ0) is 3.58. The highest BCUT2D eigenvalue weighted by Gasteiger charge is 1.61. The highest BCUT2D eigenvalue weighted by atomic mass is 35.5. The van der Waals surface area contributed by atoms with E-state index in [1.54, 1.807) is 0 Å². The topological polar surface area (TPSA) is 106 Å². The summed E-state index contributed by atoms with van der Waals surface area (Å²) in [6.07, 6.45) is 0. The summed E-state index contributed by atoms with van der Waals surface area (Å²) in [6, 6.07) is 0. The highest BCUT2D eigenvalue weighted by molar-refractivity contribution is 5.85. The minimum atomic E-state index is -0.333. The molecule has 0 aliphatic heterocycles. The van der Waals surface area contributed by atoms with Crippen molar-refractivity contribution in [3.63, 3.8) is 0 Å². The number of nitrogens with two attached hydrogens (primary N) is 1. The highest BCUT2D eigenvalue weighted by Crippen LogP contribution is 1.33. The molecule has 0 heterocycles. The second kappa shape index (κ2) is 28.2. The predicted molar refractivity (Wildman–Crippen MR) is 36.6 cm³/mol. The molecule has 1 amide bonds. The van der Waals surface area contributed by atoms with Crippen molar-refractivity contribution in [1.29, 1.82) is 0 Å². The van der Waals surface area contributed by atoms with Crippen molar-refractivity contribution >= 4 is 30.7 Å². The summed E-state index contributed by atoms with van der Waals surface area (Å²) in [5.41, 5.74) is 4.47. The van der Waals surface area contributed by atoms with Gasteiger partial charge in [0.25, 0.3) is 0 Å². The Morgan fingerprint density at radius 3 is 1.25 bits per heavy atom. The summed E-state index contributed by atoms with van der Waals surface area (Å²) < 4.78 is 0. The summed E-state index contributed by atoms with van der Waals surface area (Å²) in [5.74, 6) is -0.333. The number of hydrogen-bond donors (Lipinski definition) is 1. The maximum atomic E-state index is 9.22. The molecule has 0 atom stereocenters. The molecule has 6 heteroatoms. The Kier molecular flexibility index (Phi) is 155. The minimum Gasteiger partial charge on any atom is -0.412 e. The van der Waals surface area contributed by atoms with Crippen LogP contribution in [-0.4, -0.2) is 16.9 Å². The molecule has 0 radical (unpaired) electrons. The summed E-state index contributed by atoms with van der Waals surface area (Å²) in [6.45, 7) is 1.31. The van der Waals surface area contributed by atoms with Crippen molar-refractivity contribution in [2.45, 2.75) is 6.92 Å². The summed E-state index contributed by atoms with van der Waals surface area (Å²) in [5, 5.41) is 0. The molecule has 4 nitrogen and oxygen atoms in total. The molecule has 0 saturated heterocycles. The van der Waals surface area contributed by atoms with Crippen LogP contribution in [0.5, 0.6) is 0 Å². The Bertz CT molecular complexity index is 38.3. The fourth-order valence-corrected chi connectivity index (χ4v) is 0. The van der Waals surface area contributed by atoms with Crippen molar-refractivity contribution in [1.82, 2.24) is 0 Å². The number of carbonyl (C=O) groups is 1. The van der Waals surface area contributed by atoms with Crippen LogP contribution in [0.1, 0.15) is 6.92 Å². The molecule has 0 rings (SSSR count). The predicted octanol–water partition coefficient (Wildman–Crippen LogP) is -1.31. The van der Waals surface area contributed by atoms with E-state index in [0.717, 1.165) is 0 Å². The lowest BCUT2D eigenvalue weighted by Gasteiger charge is -1.60.